The van der Waals surface area contributed by atoms with Crippen LogP contribution in [0, 0.1) is 17.8 Å². The van der Waals surface area contributed by atoms with Crippen molar-refractivity contribution in [3.8, 4) is 0 Å². The molecule has 6 bridgehead atoms. The smallest absolute Gasteiger partial charge is 0.318 e. The Morgan fingerprint density at radius 1 is 0.957 bits per heavy atom. The van der Waals surface area contributed by atoms with Gasteiger partial charge in [0.1, 0.15) is 0 Å². The highest BCUT2D eigenvalue weighted by Crippen LogP contribution is 2.55. The van der Waals surface area contributed by atoms with Gasteiger partial charge in [-0.2, -0.15) is 11.8 Å². The Hall–Kier alpha value is -0.380. The van der Waals surface area contributed by atoms with Crippen LogP contribution in [0.5, 0.6) is 0 Å². The molecular formula is C19H30N2OS. The second-order valence-corrected chi connectivity index (χ2v) is 10.4. The average molecular weight is 335 g/mol. The van der Waals surface area contributed by atoms with Crippen LogP contribution < -0.4 is 5.32 Å². The van der Waals surface area contributed by atoms with Gasteiger partial charge in [-0.15, -0.1) is 0 Å². The highest BCUT2D eigenvalue weighted by Gasteiger charge is 2.53. The van der Waals surface area contributed by atoms with Crippen molar-refractivity contribution in [3.05, 3.63) is 0 Å². The van der Waals surface area contributed by atoms with Gasteiger partial charge in [0, 0.05) is 22.9 Å². The minimum atomic E-state index is 0.168. The molecule has 2 heterocycles. The summed E-state index contributed by atoms with van der Waals surface area (Å²) in [5.41, 5.74) is 0.168. The van der Waals surface area contributed by atoms with E-state index in [-0.39, 0.29) is 5.54 Å². The summed E-state index contributed by atoms with van der Waals surface area (Å²) < 4.78 is 0. The van der Waals surface area contributed by atoms with Crippen LogP contribution in [0.1, 0.15) is 64.2 Å². The van der Waals surface area contributed by atoms with Gasteiger partial charge in [-0.1, -0.05) is 0 Å². The van der Waals surface area contributed by atoms with E-state index >= 15 is 0 Å². The maximum Gasteiger partial charge on any atom is 0.318 e. The molecule has 3 nitrogen and oxygen atoms in total. The predicted octanol–water partition coefficient (Wildman–Crippen LogP) is 4.02. The number of carbonyl (C=O) groups excluding carboxylic acids is 1. The van der Waals surface area contributed by atoms with Gasteiger partial charge in [-0.25, -0.2) is 4.79 Å². The predicted molar refractivity (Wildman–Crippen MR) is 94.6 cm³/mol. The van der Waals surface area contributed by atoms with Gasteiger partial charge < -0.3 is 10.2 Å². The van der Waals surface area contributed by atoms with Crippen LogP contribution in [0.2, 0.25) is 0 Å². The zero-order valence-electron chi connectivity index (χ0n) is 14.3. The maximum absolute atomic E-state index is 13.1. The first-order valence-corrected chi connectivity index (χ1v) is 11.1. The molecule has 6 aliphatic rings. The maximum atomic E-state index is 13.1. The first-order valence-electron chi connectivity index (χ1n) is 9.77. The summed E-state index contributed by atoms with van der Waals surface area (Å²) in [5, 5.41) is 4.38. The molecule has 0 aromatic carbocycles. The molecule has 2 atom stereocenters. The summed E-state index contributed by atoms with van der Waals surface area (Å²) in [6, 6.07) is 1.32. The molecule has 0 radical (unpaired) electrons. The summed E-state index contributed by atoms with van der Waals surface area (Å²) in [5.74, 6) is 2.71. The molecule has 4 heteroatoms. The number of hydrogen-bond acceptors (Lipinski definition) is 2. The lowest BCUT2D eigenvalue weighted by Crippen LogP contribution is -2.63. The molecule has 0 spiro atoms. The molecule has 2 unspecified atom stereocenters. The van der Waals surface area contributed by atoms with Crippen molar-refractivity contribution in [1.82, 2.24) is 10.2 Å². The lowest BCUT2D eigenvalue weighted by Gasteiger charge is -2.57. The fourth-order valence-electron chi connectivity index (χ4n) is 7.21. The molecule has 4 saturated carbocycles. The van der Waals surface area contributed by atoms with Gasteiger partial charge in [0.15, 0.2) is 0 Å². The van der Waals surface area contributed by atoms with Crippen LogP contribution in [0.4, 0.5) is 4.79 Å². The SMILES string of the molecule is CSC1CC2CCC(C1)N2C(=O)NC12CC3CC(CC(C3)C1)C2. The quantitative estimate of drug-likeness (QED) is 0.827. The molecular weight excluding hydrogens is 304 g/mol. The van der Waals surface area contributed by atoms with E-state index in [0.717, 1.165) is 23.0 Å². The Kier molecular flexibility index (Phi) is 3.44. The normalized spacial score (nSPS) is 50.4. The number of urea groups is 1. The zero-order valence-corrected chi connectivity index (χ0v) is 15.1. The van der Waals surface area contributed by atoms with E-state index in [1.54, 1.807) is 0 Å². The third kappa shape index (κ3) is 2.42. The Balaban J connectivity index is 1.31. The number of nitrogens with zero attached hydrogens (tertiary/aromatic N) is 1. The summed E-state index contributed by atoms with van der Waals surface area (Å²) in [6.07, 6.45) is 15.3. The van der Waals surface area contributed by atoms with Crippen molar-refractivity contribution in [2.24, 2.45) is 17.8 Å². The second-order valence-electron chi connectivity index (χ2n) is 9.25. The summed E-state index contributed by atoms with van der Waals surface area (Å²) >= 11 is 2.00. The zero-order chi connectivity index (χ0) is 15.6. The first kappa shape index (κ1) is 14.9. The van der Waals surface area contributed by atoms with Crippen LogP contribution >= 0.6 is 11.8 Å². The Morgan fingerprint density at radius 2 is 1.48 bits per heavy atom. The minimum Gasteiger partial charge on any atom is -0.333 e. The van der Waals surface area contributed by atoms with E-state index in [1.807, 2.05) is 11.8 Å². The van der Waals surface area contributed by atoms with E-state index in [4.69, 9.17) is 0 Å². The fraction of sp³-hybridized carbons (Fsp3) is 0.947. The summed E-state index contributed by atoms with van der Waals surface area (Å²) in [4.78, 5) is 15.4. The molecule has 0 aromatic heterocycles. The van der Waals surface area contributed by atoms with E-state index in [0.29, 0.717) is 18.1 Å². The lowest BCUT2D eigenvalue weighted by atomic mass is 9.53. The number of rotatable bonds is 2. The summed E-state index contributed by atoms with van der Waals surface area (Å²) in [7, 11) is 0. The number of nitrogens with one attached hydrogen (secondary N) is 1. The summed E-state index contributed by atoms with van der Waals surface area (Å²) in [6.45, 7) is 0. The van der Waals surface area contributed by atoms with E-state index < -0.39 is 0 Å². The highest BCUT2D eigenvalue weighted by atomic mass is 32.2. The molecule has 128 valence electrons. The standard InChI is InChI=1S/C19H30N2OS/c1-23-17-7-15-2-3-16(8-17)21(15)18(22)20-19-9-12-4-13(10-19)6-14(5-12)11-19/h12-17H,2-11H2,1H3,(H,20,22). The minimum absolute atomic E-state index is 0.168. The van der Waals surface area contributed by atoms with Gasteiger partial charge in [0.2, 0.25) is 0 Å². The fourth-order valence-corrected chi connectivity index (χ4v) is 8.04. The average Bonchev–Trinajstić information content (AvgIpc) is 2.76. The third-order valence-electron chi connectivity index (χ3n) is 7.67. The molecule has 4 aliphatic carbocycles. The van der Waals surface area contributed by atoms with Gasteiger partial charge in [0.05, 0.1) is 0 Å². The highest BCUT2D eigenvalue weighted by molar-refractivity contribution is 7.99. The van der Waals surface area contributed by atoms with Crippen molar-refractivity contribution >= 4 is 17.8 Å². The second kappa shape index (κ2) is 5.31. The molecule has 2 aliphatic heterocycles. The van der Waals surface area contributed by atoms with Crippen LogP contribution in [0.15, 0.2) is 0 Å². The Bertz CT molecular complexity index is 458. The van der Waals surface area contributed by atoms with Crippen molar-refractivity contribution in [1.29, 1.82) is 0 Å². The van der Waals surface area contributed by atoms with Crippen molar-refractivity contribution in [2.45, 2.75) is 87.1 Å². The Morgan fingerprint density at radius 3 is 1.96 bits per heavy atom. The molecule has 2 amide bonds. The molecule has 0 aromatic rings. The van der Waals surface area contributed by atoms with Crippen LogP contribution in [-0.4, -0.2) is 40.1 Å². The molecule has 6 fully saturated rings. The van der Waals surface area contributed by atoms with Crippen molar-refractivity contribution in [3.63, 3.8) is 0 Å². The topological polar surface area (TPSA) is 32.3 Å². The van der Waals surface area contributed by atoms with Gasteiger partial charge >= 0.3 is 6.03 Å². The number of thioether (sulfide) groups is 1. The van der Waals surface area contributed by atoms with E-state index in [9.17, 15) is 4.79 Å². The van der Waals surface area contributed by atoms with Crippen molar-refractivity contribution in [2.75, 3.05) is 6.26 Å². The molecule has 1 N–H and O–H groups in total. The van der Waals surface area contributed by atoms with Gasteiger partial charge in [-0.3, -0.25) is 0 Å². The van der Waals surface area contributed by atoms with Crippen LogP contribution in [0.25, 0.3) is 0 Å². The monoisotopic (exact) mass is 334 g/mol. The number of piperidine rings is 1. The van der Waals surface area contributed by atoms with Crippen molar-refractivity contribution < 1.29 is 4.79 Å². The van der Waals surface area contributed by atoms with Gasteiger partial charge in [-0.05, 0) is 88.2 Å². The molecule has 6 rings (SSSR count). The third-order valence-corrected chi connectivity index (χ3v) is 8.72. The lowest BCUT2D eigenvalue weighted by molar-refractivity contribution is -0.0171. The number of amides is 2. The van der Waals surface area contributed by atoms with Crippen LogP contribution in [0.3, 0.4) is 0 Å². The van der Waals surface area contributed by atoms with E-state index in [2.05, 4.69) is 16.5 Å². The van der Waals surface area contributed by atoms with Crippen LogP contribution in [-0.2, 0) is 0 Å². The number of carbonyl (C=O) groups is 1. The van der Waals surface area contributed by atoms with E-state index in [1.165, 1.54) is 64.2 Å². The largest absolute Gasteiger partial charge is 0.333 e. The van der Waals surface area contributed by atoms with Gasteiger partial charge in [0.25, 0.3) is 0 Å². The number of fused-ring (bicyclic) bond motifs is 2. The first-order chi connectivity index (χ1) is 11.1. The Labute approximate surface area is 144 Å². The number of hydrogen-bond donors (Lipinski definition) is 1. The molecule has 2 saturated heterocycles. The molecule has 23 heavy (non-hydrogen) atoms.